The van der Waals surface area contributed by atoms with Crippen LogP contribution < -0.4 is 11.1 Å². The highest BCUT2D eigenvalue weighted by Crippen LogP contribution is 2.40. The van der Waals surface area contributed by atoms with Crippen LogP contribution in [0.4, 0.5) is 0 Å². The molecule has 5 nitrogen and oxygen atoms in total. The number of nitrogens with one attached hydrogen (secondary N) is 1. The molecule has 156 valence electrons. The molecule has 0 fully saturated rings. The Morgan fingerprint density at radius 3 is 1.77 bits per heavy atom. The minimum atomic E-state index is -0.645. The second kappa shape index (κ2) is 8.98. The summed E-state index contributed by atoms with van der Waals surface area (Å²) in [6.07, 6.45) is 4.19. The van der Waals surface area contributed by atoms with Gasteiger partial charge < -0.3 is 15.6 Å². The molecule has 0 spiro atoms. The van der Waals surface area contributed by atoms with E-state index in [9.17, 15) is 4.79 Å². The molecule has 0 bridgehead atoms. The number of amides is 1. The zero-order chi connectivity index (χ0) is 21.7. The van der Waals surface area contributed by atoms with Crippen molar-refractivity contribution in [1.29, 1.82) is 0 Å². The highest BCUT2D eigenvalue weighted by Gasteiger charge is 2.38. The van der Waals surface area contributed by atoms with Crippen molar-refractivity contribution in [2.45, 2.75) is 18.0 Å². The Balaban J connectivity index is 1.93. The van der Waals surface area contributed by atoms with Crippen molar-refractivity contribution in [3.05, 3.63) is 126 Å². The van der Waals surface area contributed by atoms with Crippen molar-refractivity contribution >= 4 is 5.91 Å². The van der Waals surface area contributed by atoms with E-state index in [1.165, 1.54) is 0 Å². The minimum Gasteiger partial charge on any atom is -0.358 e. The Hall–Kier alpha value is -3.70. The lowest BCUT2D eigenvalue weighted by molar-refractivity contribution is -0.121. The van der Waals surface area contributed by atoms with Crippen LogP contribution in [-0.2, 0) is 16.8 Å². The van der Waals surface area contributed by atoms with Gasteiger partial charge in [0, 0.05) is 19.7 Å². The largest absolute Gasteiger partial charge is 0.358 e. The van der Waals surface area contributed by atoms with E-state index in [1.807, 2.05) is 30.7 Å². The van der Waals surface area contributed by atoms with Gasteiger partial charge in [-0.1, -0.05) is 91.0 Å². The molecule has 4 aromatic rings. The molecule has 5 heteroatoms. The van der Waals surface area contributed by atoms with Gasteiger partial charge in [-0.2, -0.15) is 0 Å². The SMILES string of the molecule is CNC(=O)C(N)Cc1cn(C(c2ccccc2)(c2ccccc2)c2ccccc2)cn1. The van der Waals surface area contributed by atoms with Crippen molar-refractivity contribution in [1.82, 2.24) is 14.9 Å². The van der Waals surface area contributed by atoms with Crippen LogP contribution in [0.2, 0.25) is 0 Å². The summed E-state index contributed by atoms with van der Waals surface area (Å²) in [5, 5.41) is 2.60. The average molecular weight is 411 g/mol. The molecule has 0 aliphatic carbocycles. The number of hydrogen-bond acceptors (Lipinski definition) is 3. The molecule has 4 rings (SSSR count). The third-order valence-corrected chi connectivity index (χ3v) is 5.61. The van der Waals surface area contributed by atoms with E-state index in [0.717, 1.165) is 22.4 Å². The zero-order valence-electron chi connectivity index (χ0n) is 17.5. The molecule has 0 saturated carbocycles. The molecule has 1 unspecified atom stereocenters. The molecule has 1 atom stereocenters. The molecule has 0 radical (unpaired) electrons. The Morgan fingerprint density at radius 1 is 0.903 bits per heavy atom. The van der Waals surface area contributed by atoms with Crippen LogP contribution in [0.15, 0.2) is 104 Å². The molecule has 0 saturated heterocycles. The second-order valence-electron chi connectivity index (χ2n) is 7.51. The molecule has 3 N–H and O–H groups in total. The first-order valence-electron chi connectivity index (χ1n) is 10.3. The second-order valence-corrected chi connectivity index (χ2v) is 7.51. The summed E-state index contributed by atoms with van der Waals surface area (Å²) in [7, 11) is 1.59. The zero-order valence-corrected chi connectivity index (χ0v) is 17.5. The predicted octanol–water partition coefficient (Wildman–Crippen LogP) is 3.34. The van der Waals surface area contributed by atoms with E-state index in [2.05, 4.69) is 87.7 Å². The third-order valence-electron chi connectivity index (χ3n) is 5.61. The molecule has 0 aliphatic heterocycles. The van der Waals surface area contributed by atoms with Crippen molar-refractivity contribution in [2.24, 2.45) is 5.73 Å². The van der Waals surface area contributed by atoms with E-state index >= 15 is 0 Å². The molecule has 1 aromatic heterocycles. The van der Waals surface area contributed by atoms with Crippen LogP contribution in [0.3, 0.4) is 0 Å². The van der Waals surface area contributed by atoms with Gasteiger partial charge in [0.15, 0.2) is 0 Å². The maximum atomic E-state index is 11.9. The average Bonchev–Trinajstić information content (AvgIpc) is 3.29. The van der Waals surface area contributed by atoms with Crippen LogP contribution >= 0.6 is 0 Å². The van der Waals surface area contributed by atoms with Gasteiger partial charge in [0.05, 0.1) is 18.1 Å². The highest BCUT2D eigenvalue weighted by atomic mass is 16.2. The lowest BCUT2D eigenvalue weighted by Gasteiger charge is -2.37. The maximum absolute atomic E-state index is 11.9. The number of hydrogen-bond donors (Lipinski definition) is 2. The van der Waals surface area contributed by atoms with Crippen LogP contribution in [0.1, 0.15) is 22.4 Å². The van der Waals surface area contributed by atoms with Gasteiger partial charge in [-0.05, 0) is 16.7 Å². The Kier molecular flexibility index (Phi) is 5.96. The number of nitrogens with two attached hydrogens (primary N) is 1. The topological polar surface area (TPSA) is 72.9 Å². The third kappa shape index (κ3) is 3.88. The summed E-state index contributed by atoms with van der Waals surface area (Å²) < 4.78 is 2.12. The van der Waals surface area contributed by atoms with Crippen LogP contribution in [0, 0.1) is 0 Å². The van der Waals surface area contributed by atoms with Gasteiger partial charge in [-0.25, -0.2) is 4.98 Å². The van der Waals surface area contributed by atoms with Gasteiger partial charge >= 0.3 is 0 Å². The van der Waals surface area contributed by atoms with E-state index < -0.39 is 11.6 Å². The predicted molar refractivity (Wildman–Crippen MR) is 123 cm³/mol. The molecule has 1 heterocycles. The number of rotatable bonds is 7. The Bertz CT molecular complexity index is 1030. The van der Waals surface area contributed by atoms with Gasteiger partial charge in [0.1, 0.15) is 5.54 Å². The van der Waals surface area contributed by atoms with Crippen molar-refractivity contribution < 1.29 is 4.79 Å². The summed E-state index contributed by atoms with van der Waals surface area (Å²) >= 11 is 0. The monoisotopic (exact) mass is 410 g/mol. The first-order chi connectivity index (χ1) is 15.2. The lowest BCUT2D eigenvalue weighted by atomic mass is 9.77. The maximum Gasteiger partial charge on any atom is 0.237 e. The quantitative estimate of drug-likeness (QED) is 0.459. The number of imidazole rings is 1. The van der Waals surface area contributed by atoms with E-state index in [4.69, 9.17) is 5.73 Å². The standard InChI is InChI=1S/C26H26N4O/c1-28-25(31)24(27)17-23-18-30(19-29-23)26(20-11-5-2-6-12-20,21-13-7-3-8-14-21)22-15-9-4-10-16-22/h2-16,18-19,24H,17,27H2,1H3,(H,28,31). The first kappa shape index (κ1) is 20.6. The van der Waals surface area contributed by atoms with Gasteiger partial charge in [0.25, 0.3) is 0 Å². The van der Waals surface area contributed by atoms with Gasteiger partial charge in [-0.3, -0.25) is 4.79 Å². The lowest BCUT2D eigenvalue weighted by Crippen LogP contribution is -2.40. The molecule has 31 heavy (non-hydrogen) atoms. The number of aromatic nitrogens is 2. The van der Waals surface area contributed by atoms with E-state index in [1.54, 1.807) is 7.05 Å². The summed E-state index contributed by atoms with van der Waals surface area (Å²) in [5.41, 5.74) is 9.55. The number of carbonyl (C=O) groups is 1. The van der Waals surface area contributed by atoms with Crippen LogP contribution in [0.25, 0.3) is 0 Å². The normalized spacial score (nSPS) is 12.3. The number of likely N-dealkylation sites (N-methyl/N-ethyl adjacent to an activating group) is 1. The molecule has 3 aromatic carbocycles. The fourth-order valence-electron chi connectivity index (χ4n) is 4.14. The van der Waals surface area contributed by atoms with Crippen molar-refractivity contribution in [3.63, 3.8) is 0 Å². The number of nitrogens with zero attached hydrogens (tertiary/aromatic N) is 2. The minimum absolute atomic E-state index is 0.199. The number of carbonyl (C=O) groups excluding carboxylic acids is 1. The number of benzene rings is 3. The van der Waals surface area contributed by atoms with Crippen LogP contribution in [-0.4, -0.2) is 28.5 Å². The first-order valence-corrected chi connectivity index (χ1v) is 10.3. The Labute approximate surface area is 182 Å². The Morgan fingerprint density at radius 2 is 1.35 bits per heavy atom. The fourth-order valence-corrected chi connectivity index (χ4v) is 4.14. The van der Waals surface area contributed by atoms with E-state index in [-0.39, 0.29) is 5.91 Å². The molecular weight excluding hydrogens is 384 g/mol. The van der Waals surface area contributed by atoms with Crippen molar-refractivity contribution in [2.75, 3.05) is 7.05 Å². The van der Waals surface area contributed by atoms with Crippen molar-refractivity contribution in [3.8, 4) is 0 Å². The molecule has 1 amide bonds. The summed E-state index contributed by atoms with van der Waals surface area (Å²) in [5.74, 6) is -0.199. The molecular formula is C26H26N4O. The van der Waals surface area contributed by atoms with E-state index in [0.29, 0.717) is 6.42 Å². The summed E-state index contributed by atoms with van der Waals surface area (Å²) in [4.78, 5) is 16.5. The highest BCUT2D eigenvalue weighted by molar-refractivity contribution is 5.81. The van der Waals surface area contributed by atoms with Gasteiger partial charge in [0.2, 0.25) is 5.91 Å². The summed E-state index contributed by atoms with van der Waals surface area (Å²) in [6.45, 7) is 0. The molecule has 0 aliphatic rings. The summed E-state index contributed by atoms with van der Waals surface area (Å²) in [6, 6.07) is 30.5. The van der Waals surface area contributed by atoms with Crippen LogP contribution in [0.5, 0.6) is 0 Å². The van der Waals surface area contributed by atoms with Gasteiger partial charge in [-0.15, -0.1) is 0 Å². The fraction of sp³-hybridized carbons (Fsp3) is 0.154. The smallest absolute Gasteiger partial charge is 0.237 e.